The van der Waals surface area contributed by atoms with Crippen molar-refractivity contribution in [2.24, 2.45) is 0 Å². The Morgan fingerprint density at radius 2 is 1.94 bits per heavy atom. The number of nitrogens with zero attached hydrogens (tertiary/aromatic N) is 4. The molecule has 0 amide bonds. The van der Waals surface area contributed by atoms with Gasteiger partial charge in [-0.1, -0.05) is 0 Å². The Labute approximate surface area is 187 Å². The molecule has 33 heavy (non-hydrogen) atoms. The number of nitrogens with one attached hydrogen (secondary N) is 1. The van der Waals surface area contributed by atoms with Crippen LogP contribution in [0.5, 0.6) is 5.75 Å². The van der Waals surface area contributed by atoms with Gasteiger partial charge in [-0.2, -0.15) is 18.4 Å². The number of halogens is 3. The van der Waals surface area contributed by atoms with Gasteiger partial charge in [-0.3, -0.25) is 0 Å². The highest BCUT2D eigenvalue weighted by Crippen LogP contribution is 2.32. The molecule has 0 unspecified atom stereocenters. The largest absolute Gasteiger partial charge is 0.490 e. The monoisotopic (exact) mass is 458 g/mol. The molecule has 0 bridgehead atoms. The van der Waals surface area contributed by atoms with E-state index in [4.69, 9.17) is 15.2 Å². The Morgan fingerprint density at radius 1 is 1.15 bits per heavy atom. The lowest BCUT2D eigenvalue weighted by Crippen LogP contribution is -2.11. The molecule has 1 aliphatic carbocycles. The number of nitriles is 1. The number of hydrogen-bond acceptors (Lipinski definition) is 8. The van der Waals surface area contributed by atoms with Gasteiger partial charge in [-0.15, -0.1) is 0 Å². The fraction of sp³-hybridized carbons (Fsp3) is 0.364. The average molecular weight is 458 g/mol. The number of anilines is 2. The van der Waals surface area contributed by atoms with Crippen LogP contribution in [0.3, 0.4) is 0 Å². The second-order valence-corrected chi connectivity index (χ2v) is 7.64. The highest BCUT2D eigenvalue weighted by molar-refractivity contribution is 5.91. The van der Waals surface area contributed by atoms with Crippen molar-refractivity contribution in [1.29, 1.82) is 5.26 Å². The quantitative estimate of drug-likeness (QED) is 0.487. The number of aryl methyl sites for hydroxylation is 1. The zero-order valence-corrected chi connectivity index (χ0v) is 17.7. The maximum Gasteiger partial charge on any atom is 0.416 e. The summed E-state index contributed by atoms with van der Waals surface area (Å²) in [4.78, 5) is 12.7. The van der Waals surface area contributed by atoms with E-state index in [1.807, 2.05) is 0 Å². The van der Waals surface area contributed by atoms with Crippen molar-refractivity contribution in [2.45, 2.75) is 38.6 Å². The number of nitrogens with two attached hydrogens (primary N) is 1. The predicted molar refractivity (Wildman–Crippen MR) is 114 cm³/mol. The van der Waals surface area contributed by atoms with Crippen molar-refractivity contribution >= 4 is 22.5 Å². The van der Waals surface area contributed by atoms with E-state index in [1.165, 1.54) is 0 Å². The number of rotatable bonds is 8. The number of nitrogen functional groups attached to an aromatic ring is 1. The minimum atomic E-state index is -4.53. The van der Waals surface area contributed by atoms with Crippen molar-refractivity contribution in [3.63, 3.8) is 0 Å². The molecule has 172 valence electrons. The Hall–Kier alpha value is -3.65. The summed E-state index contributed by atoms with van der Waals surface area (Å²) < 4.78 is 50.6. The second-order valence-electron chi connectivity index (χ2n) is 7.64. The Bertz CT molecular complexity index is 1220. The van der Waals surface area contributed by atoms with Gasteiger partial charge in [0, 0.05) is 5.39 Å². The first-order valence-electron chi connectivity index (χ1n) is 10.3. The molecular formula is C22H21F3N6O2. The van der Waals surface area contributed by atoms with Crippen LogP contribution < -0.4 is 15.8 Å². The van der Waals surface area contributed by atoms with E-state index in [0.717, 1.165) is 25.0 Å². The molecule has 8 nitrogen and oxygen atoms in total. The first-order chi connectivity index (χ1) is 15.7. The van der Waals surface area contributed by atoms with Gasteiger partial charge in [0.15, 0.2) is 0 Å². The van der Waals surface area contributed by atoms with Crippen molar-refractivity contribution in [1.82, 2.24) is 15.0 Å². The summed E-state index contributed by atoms with van der Waals surface area (Å²) in [5.41, 5.74) is 5.59. The van der Waals surface area contributed by atoms with Crippen LogP contribution >= 0.6 is 0 Å². The number of ether oxygens (including phenoxy) is 2. The fourth-order valence-corrected chi connectivity index (χ4v) is 3.25. The van der Waals surface area contributed by atoms with Crippen LogP contribution in [0.1, 0.15) is 35.5 Å². The minimum absolute atomic E-state index is 0.0505. The molecule has 0 radical (unpaired) electrons. The predicted octanol–water partition coefficient (Wildman–Crippen LogP) is 3.98. The number of aromatic nitrogens is 3. The van der Waals surface area contributed by atoms with E-state index >= 15 is 0 Å². The van der Waals surface area contributed by atoms with E-state index in [0.29, 0.717) is 46.6 Å². The van der Waals surface area contributed by atoms with Crippen LogP contribution in [0.2, 0.25) is 0 Å². The topological polar surface area (TPSA) is 119 Å². The van der Waals surface area contributed by atoms with Crippen molar-refractivity contribution in [3.8, 4) is 11.8 Å². The normalized spacial score (nSPS) is 13.7. The van der Waals surface area contributed by atoms with E-state index in [1.54, 1.807) is 19.1 Å². The molecule has 1 aromatic carbocycles. The van der Waals surface area contributed by atoms with Gasteiger partial charge in [-0.25, -0.2) is 15.0 Å². The molecule has 3 N–H and O–H groups in total. The Balaban J connectivity index is 1.59. The molecule has 2 heterocycles. The maximum atomic E-state index is 13.1. The third-order valence-electron chi connectivity index (χ3n) is 4.91. The van der Waals surface area contributed by atoms with Crippen molar-refractivity contribution in [2.75, 3.05) is 24.3 Å². The van der Waals surface area contributed by atoms with Crippen LogP contribution in [-0.4, -0.2) is 34.3 Å². The van der Waals surface area contributed by atoms with Gasteiger partial charge in [0.2, 0.25) is 0 Å². The number of alkyl halides is 3. The molecule has 3 aromatic rings. The first kappa shape index (κ1) is 22.5. The molecule has 1 aliphatic rings. The van der Waals surface area contributed by atoms with Crippen LogP contribution in [0.25, 0.3) is 10.9 Å². The van der Waals surface area contributed by atoms with E-state index in [-0.39, 0.29) is 24.7 Å². The van der Waals surface area contributed by atoms with Gasteiger partial charge in [0.25, 0.3) is 0 Å². The number of pyridine rings is 1. The van der Waals surface area contributed by atoms with Crippen LogP contribution in [0.15, 0.2) is 24.3 Å². The summed E-state index contributed by atoms with van der Waals surface area (Å²) in [5.74, 6) is 0.921. The molecule has 1 fully saturated rings. The molecule has 2 aromatic heterocycles. The van der Waals surface area contributed by atoms with Crippen molar-refractivity contribution < 1.29 is 22.6 Å². The summed E-state index contributed by atoms with van der Waals surface area (Å²) in [7, 11) is 0. The van der Waals surface area contributed by atoms with Gasteiger partial charge >= 0.3 is 6.18 Å². The zero-order chi connectivity index (χ0) is 23.6. The number of hydrogen-bond donors (Lipinski definition) is 2. The third-order valence-corrected chi connectivity index (χ3v) is 4.91. The number of fused-ring (bicyclic) bond motifs is 1. The minimum Gasteiger partial charge on any atom is -0.490 e. The summed E-state index contributed by atoms with van der Waals surface area (Å²) in [6.45, 7) is 2.31. The lowest BCUT2D eigenvalue weighted by molar-refractivity contribution is -0.137. The van der Waals surface area contributed by atoms with Crippen LogP contribution in [0, 0.1) is 18.3 Å². The van der Waals surface area contributed by atoms with E-state index < -0.39 is 11.7 Å². The smallest absolute Gasteiger partial charge is 0.416 e. The zero-order valence-electron chi connectivity index (χ0n) is 17.7. The molecule has 0 aliphatic heterocycles. The second kappa shape index (κ2) is 9.07. The maximum absolute atomic E-state index is 13.1. The van der Waals surface area contributed by atoms with Gasteiger partial charge in [-0.05, 0) is 44.0 Å². The summed E-state index contributed by atoms with van der Waals surface area (Å²) in [6.07, 6.45) is -2.13. The molecule has 0 spiro atoms. The molecule has 1 saturated carbocycles. The SMILES string of the molecule is Cc1nc(NCc2cc(C(F)(F)F)cc(N)n2)c2cc(OCCOC3CC3)c(C#N)cc2n1. The van der Waals surface area contributed by atoms with Gasteiger partial charge in [0.05, 0.1) is 41.6 Å². The summed E-state index contributed by atoms with van der Waals surface area (Å²) in [6, 6.07) is 7.04. The van der Waals surface area contributed by atoms with Crippen LogP contribution in [-0.2, 0) is 17.5 Å². The van der Waals surface area contributed by atoms with Gasteiger partial charge in [0.1, 0.15) is 35.9 Å². The molecule has 4 rings (SSSR count). The van der Waals surface area contributed by atoms with Crippen molar-refractivity contribution in [3.05, 3.63) is 46.9 Å². The average Bonchev–Trinajstić information content (AvgIpc) is 3.58. The first-order valence-corrected chi connectivity index (χ1v) is 10.3. The summed E-state index contributed by atoms with van der Waals surface area (Å²) >= 11 is 0. The van der Waals surface area contributed by atoms with Gasteiger partial charge < -0.3 is 20.5 Å². The summed E-state index contributed by atoms with van der Waals surface area (Å²) in [5, 5.41) is 13.1. The van der Waals surface area contributed by atoms with E-state index in [9.17, 15) is 18.4 Å². The Morgan fingerprint density at radius 3 is 2.64 bits per heavy atom. The molecular weight excluding hydrogens is 437 g/mol. The highest BCUT2D eigenvalue weighted by Gasteiger charge is 2.31. The van der Waals surface area contributed by atoms with Crippen LogP contribution in [0.4, 0.5) is 24.8 Å². The standard InChI is InChI=1S/C22H21F3N6O2/c1-12-29-18-6-13(10-26)19(33-5-4-32-16-2-3-16)9-17(18)21(30-12)28-11-15-7-14(22(23,24)25)8-20(27)31-15/h6-9,16H,2-5,11H2,1H3,(H2,27,31)(H,28,29,30). The van der Waals surface area contributed by atoms with E-state index in [2.05, 4.69) is 26.3 Å². The molecule has 0 atom stereocenters. The lowest BCUT2D eigenvalue weighted by Gasteiger charge is -2.14. The number of benzene rings is 1. The Kier molecular flexibility index (Phi) is 6.20. The molecule has 0 saturated heterocycles. The third kappa shape index (κ3) is 5.59. The molecule has 11 heteroatoms. The fourth-order valence-electron chi connectivity index (χ4n) is 3.25. The lowest BCUT2D eigenvalue weighted by atomic mass is 10.1. The highest BCUT2D eigenvalue weighted by atomic mass is 19.4.